The van der Waals surface area contributed by atoms with Gasteiger partial charge in [-0.3, -0.25) is 9.59 Å². The van der Waals surface area contributed by atoms with Gasteiger partial charge in [-0.15, -0.1) is 0 Å². The smallest absolute Gasteiger partial charge is 0.256 e. The van der Waals surface area contributed by atoms with E-state index in [0.717, 1.165) is 38.5 Å². The van der Waals surface area contributed by atoms with Crippen LogP contribution in [-0.2, 0) is 9.53 Å². The Balaban J connectivity index is 1.53. The normalized spacial score (nSPS) is 25.0. The van der Waals surface area contributed by atoms with Crippen molar-refractivity contribution in [2.75, 3.05) is 26.3 Å². The minimum absolute atomic E-state index is 0.0534. The van der Waals surface area contributed by atoms with Gasteiger partial charge < -0.3 is 15.0 Å². The summed E-state index contributed by atoms with van der Waals surface area (Å²) < 4.78 is 19.7. The Morgan fingerprint density at radius 1 is 1.11 bits per heavy atom. The van der Waals surface area contributed by atoms with Gasteiger partial charge in [0.25, 0.3) is 5.91 Å². The summed E-state index contributed by atoms with van der Waals surface area (Å²) in [5.41, 5.74) is -0.184. The van der Waals surface area contributed by atoms with Crippen LogP contribution >= 0.6 is 0 Å². The predicted molar refractivity (Wildman–Crippen MR) is 103 cm³/mol. The molecule has 5 nitrogen and oxygen atoms in total. The summed E-state index contributed by atoms with van der Waals surface area (Å²) in [6.07, 6.45) is 7.15. The van der Waals surface area contributed by atoms with Crippen molar-refractivity contribution in [3.8, 4) is 0 Å². The molecule has 1 aromatic rings. The van der Waals surface area contributed by atoms with E-state index >= 15 is 0 Å². The molecule has 2 saturated heterocycles. The molecule has 0 aromatic heterocycles. The predicted octanol–water partition coefficient (Wildman–Crippen LogP) is 3.14. The van der Waals surface area contributed by atoms with Crippen LogP contribution in [0.1, 0.15) is 55.3 Å². The van der Waals surface area contributed by atoms with Gasteiger partial charge in [0.1, 0.15) is 5.82 Å². The molecule has 152 valence electrons. The fourth-order valence-electron chi connectivity index (χ4n) is 5.12. The SMILES string of the molecule is O=C(NC1CCCCC1)C1CN(C(=O)c2ccccc2F)CC12CCOCC2. The molecular formula is C22H29FN2O3. The molecule has 1 saturated carbocycles. The van der Waals surface area contributed by atoms with E-state index in [1.165, 1.54) is 18.6 Å². The van der Waals surface area contributed by atoms with Crippen molar-refractivity contribution in [3.63, 3.8) is 0 Å². The molecule has 1 aliphatic carbocycles. The second kappa shape index (κ2) is 8.19. The van der Waals surface area contributed by atoms with Gasteiger partial charge in [0.05, 0.1) is 11.5 Å². The summed E-state index contributed by atoms with van der Waals surface area (Å²) in [6.45, 7) is 2.06. The standard InChI is InChI=1S/C22H29FN2O3/c23-19-9-5-4-8-17(19)21(27)25-14-18(22(15-25)10-12-28-13-11-22)20(26)24-16-6-2-1-3-7-16/h4-5,8-9,16,18H,1-3,6-7,10-15H2,(H,24,26). The number of carbonyl (C=O) groups excluding carboxylic acids is 2. The lowest BCUT2D eigenvalue weighted by molar-refractivity contribution is -0.130. The Labute approximate surface area is 165 Å². The van der Waals surface area contributed by atoms with Crippen molar-refractivity contribution < 1.29 is 18.7 Å². The van der Waals surface area contributed by atoms with Gasteiger partial charge in [-0.05, 0) is 37.8 Å². The van der Waals surface area contributed by atoms with Crippen LogP contribution in [0, 0.1) is 17.2 Å². The zero-order chi connectivity index (χ0) is 19.6. The number of halogens is 1. The highest BCUT2D eigenvalue weighted by molar-refractivity contribution is 5.95. The number of nitrogens with one attached hydrogen (secondary N) is 1. The van der Waals surface area contributed by atoms with Crippen LogP contribution in [0.3, 0.4) is 0 Å². The lowest BCUT2D eigenvalue weighted by atomic mass is 9.71. The summed E-state index contributed by atoms with van der Waals surface area (Å²) in [5.74, 6) is -1.03. The van der Waals surface area contributed by atoms with E-state index in [0.29, 0.717) is 26.3 Å². The average molecular weight is 388 g/mol. The van der Waals surface area contributed by atoms with Crippen LogP contribution in [-0.4, -0.2) is 49.1 Å². The molecule has 6 heteroatoms. The maximum Gasteiger partial charge on any atom is 0.256 e. The van der Waals surface area contributed by atoms with Crippen LogP contribution in [0.2, 0.25) is 0 Å². The molecule has 1 spiro atoms. The summed E-state index contributed by atoms with van der Waals surface area (Å²) >= 11 is 0. The summed E-state index contributed by atoms with van der Waals surface area (Å²) in [6, 6.07) is 6.32. The Morgan fingerprint density at radius 3 is 2.54 bits per heavy atom. The van der Waals surface area contributed by atoms with Crippen molar-refractivity contribution in [2.24, 2.45) is 11.3 Å². The highest BCUT2D eigenvalue weighted by atomic mass is 19.1. The number of nitrogens with zero attached hydrogens (tertiary/aromatic N) is 1. The van der Waals surface area contributed by atoms with Gasteiger partial charge in [0.2, 0.25) is 5.91 Å². The highest BCUT2D eigenvalue weighted by Gasteiger charge is 2.52. The minimum Gasteiger partial charge on any atom is -0.381 e. The van der Waals surface area contributed by atoms with E-state index in [2.05, 4.69) is 5.32 Å². The van der Waals surface area contributed by atoms with Crippen molar-refractivity contribution in [3.05, 3.63) is 35.6 Å². The van der Waals surface area contributed by atoms with E-state index in [1.54, 1.807) is 17.0 Å². The third kappa shape index (κ3) is 3.79. The third-order valence-corrected chi connectivity index (χ3v) is 6.80. The number of hydrogen-bond acceptors (Lipinski definition) is 3. The van der Waals surface area contributed by atoms with Crippen LogP contribution in [0.5, 0.6) is 0 Å². The van der Waals surface area contributed by atoms with Crippen LogP contribution in [0.4, 0.5) is 4.39 Å². The van der Waals surface area contributed by atoms with E-state index in [1.807, 2.05) is 0 Å². The highest BCUT2D eigenvalue weighted by Crippen LogP contribution is 2.45. The van der Waals surface area contributed by atoms with E-state index in [-0.39, 0.29) is 34.8 Å². The Morgan fingerprint density at radius 2 is 1.82 bits per heavy atom. The topological polar surface area (TPSA) is 58.6 Å². The second-order valence-corrected chi connectivity index (χ2v) is 8.54. The summed E-state index contributed by atoms with van der Waals surface area (Å²) in [5, 5.41) is 3.25. The minimum atomic E-state index is -0.511. The van der Waals surface area contributed by atoms with E-state index < -0.39 is 5.82 Å². The van der Waals surface area contributed by atoms with Gasteiger partial charge in [-0.1, -0.05) is 31.4 Å². The molecule has 3 fully saturated rings. The third-order valence-electron chi connectivity index (χ3n) is 6.80. The molecule has 1 atom stereocenters. The van der Waals surface area contributed by atoms with Gasteiger partial charge in [-0.2, -0.15) is 0 Å². The largest absolute Gasteiger partial charge is 0.381 e. The molecule has 1 aromatic carbocycles. The molecule has 1 N–H and O–H groups in total. The Hall–Kier alpha value is -1.95. The molecule has 0 radical (unpaired) electrons. The van der Waals surface area contributed by atoms with E-state index in [9.17, 15) is 14.0 Å². The average Bonchev–Trinajstić information content (AvgIpc) is 3.08. The van der Waals surface area contributed by atoms with Crippen LogP contribution < -0.4 is 5.32 Å². The van der Waals surface area contributed by atoms with E-state index in [4.69, 9.17) is 4.74 Å². The Bertz CT molecular complexity index is 726. The number of likely N-dealkylation sites (tertiary alicyclic amines) is 1. The lowest BCUT2D eigenvalue weighted by Crippen LogP contribution is -2.47. The molecule has 2 amide bonds. The second-order valence-electron chi connectivity index (χ2n) is 8.54. The summed E-state index contributed by atoms with van der Waals surface area (Å²) in [7, 11) is 0. The first kappa shape index (κ1) is 19.4. The van der Waals surface area contributed by atoms with Crippen molar-refractivity contribution in [1.29, 1.82) is 0 Å². The number of ether oxygens (including phenoxy) is 1. The van der Waals surface area contributed by atoms with Gasteiger partial charge >= 0.3 is 0 Å². The number of amides is 2. The molecule has 0 bridgehead atoms. The zero-order valence-corrected chi connectivity index (χ0v) is 16.3. The molecule has 1 unspecified atom stereocenters. The zero-order valence-electron chi connectivity index (χ0n) is 16.3. The number of benzene rings is 1. The Kier molecular flexibility index (Phi) is 5.67. The van der Waals surface area contributed by atoms with Crippen LogP contribution in [0.25, 0.3) is 0 Å². The molecule has 4 rings (SSSR count). The van der Waals surface area contributed by atoms with Crippen molar-refractivity contribution in [1.82, 2.24) is 10.2 Å². The molecule has 28 heavy (non-hydrogen) atoms. The van der Waals surface area contributed by atoms with Gasteiger partial charge in [0, 0.05) is 37.8 Å². The summed E-state index contributed by atoms with van der Waals surface area (Å²) in [4.78, 5) is 27.8. The molecule has 2 aliphatic heterocycles. The first-order valence-electron chi connectivity index (χ1n) is 10.5. The maximum atomic E-state index is 14.1. The molecular weight excluding hydrogens is 359 g/mol. The quantitative estimate of drug-likeness (QED) is 0.865. The molecule has 2 heterocycles. The number of rotatable bonds is 3. The molecule has 3 aliphatic rings. The van der Waals surface area contributed by atoms with Gasteiger partial charge in [-0.25, -0.2) is 4.39 Å². The first-order chi connectivity index (χ1) is 13.6. The number of carbonyl (C=O) groups is 2. The van der Waals surface area contributed by atoms with Crippen molar-refractivity contribution in [2.45, 2.75) is 51.0 Å². The first-order valence-corrected chi connectivity index (χ1v) is 10.5. The van der Waals surface area contributed by atoms with Crippen molar-refractivity contribution >= 4 is 11.8 Å². The van der Waals surface area contributed by atoms with Crippen LogP contribution in [0.15, 0.2) is 24.3 Å². The monoisotopic (exact) mass is 388 g/mol. The fourth-order valence-corrected chi connectivity index (χ4v) is 5.12. The fraction of sp³-hybridized carbons (Fsp3) is 0.636. The number of hydrogen-bond donors (Lipinski definition) is 1. The van der Waals surface area contributed by atoms with Gasteiger partial charge in [0.15, 0.2) is 0 Å². The maximum absolute atomic E-state index is 14.1. The lowest BCUT2D eigenvalue weighted by Gasteiger charge is -2.37.